The highest BCUT2D eigenvalue weighted by Gasteiger charge is 2.44. The number of nitrogens with one attached hydrogen (secondary N) is 1. The van der Waals surface area contributed by atoms with Gasteiger partial charge in [0.2, 0.25) is 0 Å². The van der Waals surface area contributed by atoms with Crippen molar-refractivity contribution in [1.82, 2.24) is 24.6 Å². The molecule has 2 aromatic rings. The highest BCUT2D eigenvalue weighted by Crippen LogP contribution is 2.30. The van der Waals surface area contributed by atoms with Gasteiger partial charge in [0.15, 0.2) is 0 Å². The maximum Gasteiger partial charge on any atom is 0.268 e. The van der Waals surface area contributed by atoms with Crippen molar-refractivity contribution in [3.8, 4) is 0 Å². The molecule has 0 saturated carbocycles. The second-order valence-corrected chi connectivity index (χ2v) is 7.08. The minimum absolute atomic E-state index is 0.0179. The molecule has 0 unspecified atom stereocenters. The van der Waals surface area contributed by atoms with Crippen LogP contribution < -0.4 is 5.32 Å². The molecule has 2 saturated heterocycles. The normalized spacial score (nSPS) is 26.6. The van der Waals surface area contributed by atoms with Crippen molar-refractivity contribution in [1.29, 1.82) is 0 Å². The number of amides is 1. The summed E-state index contributed by atoms with van der Waals surface area (Å²) in [5.74, 6) is -0.0337. The molecule has 0 spiro atoms. The third-order valence-electron chi connectivity index (χ3n) is 5.27. The Kier molecular flexibility index (Phi) is 4.35. The predicted octanol–water partition coefficient (Wildman–Crippen LogP) is 0.920. The molecular formula is C18H25N5O2. The number of carbonyl (C=O) groups excluding carboxylic acids is 1. The number of aryl methyl sites for hydroxylation is 2. The van der Waals surface area contributed by atoms with Gasteiger partial charge in [-0.2, -0.15) is 5.10 Å². The summed E-state index contributed by atoms with van der Waals surface area (Å²) in [5.41, 5.74) is 1.87. The van der Waals surface area contributed by atoms with Crippen LogP contribution in [0.25, 0.3) is 0 Å². The Morgan fingerprint density at radius 3 is 3.04 bits per heavy atom. The number of likely N-dealkylation sites (tertiary alicyclic amines) is 1. The van der Waals surface area contributed by atoms with Gasteiger partial charge in [0.05, 0.1) is 18.3 Å². The number of carbonyl (C=O) groups is 1. The van der Waals surface area contributed by atoms with Crippen molar-refractivity contribution < 1.29 is 9.53 Å². The number of fused-ring (bicyclic) bond motifs is 1. The Labute approximate surface area is 147 Å². The van der Waals surface area contributed by atoms with Crippen LogP contribution in [-0.4, -0.2) is 56.5 Å². The Bertz CT molecular complexity index is 752. The van der Waals surface area contributed by atoms with Crippen LogP contribution in [0.3, 0.4) is 0 Å². The van der Waals surface area contributed by atoms with E-state index in [0.29, 0.717) is 11.7 Å². The molecule has 0 aromatic carbocycles. The molecule has 0 radical (unpaired) electrons. The quantitative estimate of drug-likeness (QED) is 0.897. The van der Waals surface area contributed by atoms with Gasteiger partial charge in [-0.15, -0.1) is 0 Å². The first-order valence-corrected chi connectivity index (χ1v) is 8.87. The zero-order valence-corrected chi connectivity index (χ0v) is 14.8. The van der Waals surface area contributed by atoms with Gasteiger partial charge in [0.1, 0.15) is 5.69 Å². The SMILES string of the molecule is Cn1cc(CN2C[C@@H](NC(=O)c3cccn3C)[C@H]3OCCC[C@H]32)cn1. The van der Waals surface area contributed by atoms with Gasteiger partial charge in [-0.3, -0.25) is 14.4 Å². The number of ether oxygens (including phenoxy) is 1. The highest BCUT2D eigenvalue weighted by molar-refractivity contribution is 5.93. The zero-order valence-electron chi connectivity index (χ0n) is 14.8. The van der Waals surface area contributed by atoms with Crippen LogP contribution in [0.2, 0.25) is 0 Å². The number of nitrogens with zero attached hydrogens (tertiary/aromatic N) is 4. The molecule has 134 valence electrons. The van der Waals surface area contributed by atoms with Crippen molar-refractivity contribution in [2.24, 2.45) is 14.1 Å². The van der Waals surface area contributed by atoms with Crippen molar-refractivity contribution in [2.45, 2.75) is 37.6 Å². The highest BCUT2D eigenvalue weighted by atomic mass is 16.5. The molecule has 2 aliphatic heterocycles. The number of hydrogen-bond donors (Lipinski definition) is 1. The lowest BCUT2D eigenvalue weighted by atomic mass is 10.0. The van der Waals surface area contributed by atoms with Crippen molar-refractivity contribution in [3.63, 3.8) is 0 Å². The first-order chi connectivity index (χ1) is 12.1. The predicted molar refractivity (Wildman–Crippen MR) is 93.0 cm³/mol. The molecule has 1 amide bonds. The molecule has 4 rings (SSSR count). The van der Waals surface area contributed by atoms with E-state index in [1.54, 1.807) is 0 Å². The second kappa shape index (κ2) is 6.65. The van der Waals surface area contributed by atoms with Gasteiger partial charge in [-0.25, -0.2) is 0 Å². The summed E-state index contributed by atoms with van der Waals surface area (Å²) in [6.45, 7) is 2.42. The van der Waals surface area contributed by atoms with Crippen molar-refractivity contribution in [3.05, 3.63) is 42.0 Å². The summed E-state index contributed by atoms with van der Waals surface area (Å²) in [7, 11) is 3.82. The lowest BCUT2D eigenvalue weighted by Crippen LogP contribution is -2.47. The first kappa shape index (κ1) is 16.4. The fourth-order valence-corrected chi connectivity index (χ4v) is 4.09. The molecule has 1 N–H and O–H groups in total. The standard InChI is InChI=1S/C18H25N5O2/c1-21-7-3-5-16(21)18(24)20-14-12-23(11-13-9-19-22(2)10-13)15-6-4-8-25-17(14)15/h3,5,7,9-10,14-15,17H,4,6,8,11-12H2,1-2H3,(H,20,24)/t14-,15-,17-/m1/s1. The van der Waals surface area contributed by atoms with Gasteiger partial charge < -0.3 is 14.6 Å². The van der Waals surface area contributed by atoms with E-state index in [2.05, 4.69) is 21.5 Å². The van der Waals surface area contributed by atoms with E-state index in [9.17, 15) is 4.79 Å². The number of rotatable bonds is 4. The van der Waals surface area contributed by atoms with E-state index in [1.807, 2.05) is 47.9 Å². The summed E-state index contributed by atoms with van der Waals surface area (Å²) in [6, 6.07) is 4.10. The Morgan fingerprint density at radius 2 is 2.32 bits per heavy atom. The van der Waals surface area contributed by atoms with Crippen LogP contribution in [0.1, 0.15) is 28.9 Å². The second-order valence-electron chi connectivity index (χ2n) is 7.08. The van der Waals surface area contributed by atoms with Gasteiger partial charge in [0.25, 0.3) is 5.91 Å². The van der Waals surface area contributed by atoms with Crippen LogP contribution in [0.15, 0.2) is 30.7 Å². The van der Waals surface area contributed by atoms with Crippen LogP contribution in [0.5, 0.6) is 0 Å². The van der Waals surface area contributed by atoms with Crippen LogP contribution in [0, 0.1) is 0 Å². The topological polar surface area (TPSA) is 64.3 Å². The lowest BCUT2D eigenvalue weighted by Gasteiger charge is -2.32. The fraction of sp³-hybridized carbons (Fsp3) is 0.556. The Hall–Kier alpha value is -2.12. The molecule has 0 bridgehead atoms. The average molecular weight is 343 g/mol. The first-order valence-electron chi connectivity index (χ1n) is 8.87. The molecule has 7 nitrogen and oxygen atoms in total. The molecule has 2 fully saturated rings. The van der Waals surface area contributed by atoms with E-state index in [-0.39, 0.29) is 18.1 Å². The van der Waals surface area contributed by atoms with Crippen molar-refractivity contribution in [2.75, 3.05) is 13.2 Å². The summed E-state index contributed by atoms with van der Waals surface area (Å²) >= 11 is 0. The van der Waals surface area contributed by atoms with E-state index in [1.165, 1.54) is 5.56 Å². The Balaban J connectivity index is 1.48. The molecule has 25 heavy (non-hydrogen) atoms. The van der Waals surface area contributed by atoms with Gasteiger partial charge in [-0.05, 0) is 25.0 Å². The number of aromatic nitrogens is 3. The molecule has 2 aliphatic rings. The largest absolute Gasteiger partial charge is 0.374 e. The molecule has 7 heteroatoms. The minimum atomic E-state index is -0.0337. The smallest absolute Gasteiger partial charge is 0.268 e. The van der Waals surface area contributed by atoms with Crippen LogP contribution >= 0.6 is 0 Å². The molecule has 2 aromatic heterocycles. The maximum atomic E-state index is 12.6. The van der Waals surface area contributed by atoms with E-state index < -0.39 is 0 Å². The molecule has 3 atom stereocenters. The summed E-state index contributed by atoms with van der Waals surface area (Å²) in [6.07, 6.45) is 8.10. The van der Waals surface area contributed by atoms with Crippen LogP contribution in [0.4, 0.5) is 0 Å². The maximum absolute atomic E-state index is 12.6. The lowest BCUT2D eigenvalue weighted by molar-refractivity contribution is -0.0211. The van der Waals surface area contributed by atoms with Crippen molar-refractivity contribution >= 4 is 5.91 Å². The van der Waals surface area contributed by atoms with Gasteiger partial charge in [-0.1, -0.05) is 0 Å². The minimum Gasteiger partial charge on any atom is -0.374 e. The van der Waals surface area contributed by atoms with Crippen LogP contribution in [-0.2, 0) is 25.4 Å². The van der Waals surface area contributed by atoms with Gasteiger partial charge in [0, 0.05) is 57.8 Å². The molecular weight excluding hydrogens is 318 g/mol. The third kappa shape index (κ3) is 3.21. The summed E-state index contributed by atoms with van der Waals surface area (Å²) in [5, 5.41) is 7.45. The number of hydrogen-bond acceptors (Lipinski definition) is 4. The summed E-state index contributed by atoms with van der Waals surface area (Å²) in [4.78, 5) is 15.0. The average Bonchev–Trinajstić information content (AvgIpc) is 3.29. The Morgan fingerprint density at radius 1 is 1.44 bits per heavy atom. The van der Waals surface area contributed by atoms with E-state index in [0.717, 1.165) is 32.5 Å². The zero-order chi connectivity index (χ0) is 17.4. The van der Waals surface area contributed by atoms with E-state index >= 15 is 0 Å². The molecule has 0 aliphatic carbocycles. The third-order valence-corrected chi connectivity index (χ3v) is 5.27. The fourth-order valence-electron chi connectivity index (χ4n) is 4.09. The molecule has 4 heterocycles. The summed E-state index contributed by atoms with van der Waals surface area (Å²) < 4.78 is 9.72. The van der Waals surface area contributed by atoms with Gasteiger partial charge >= 0.3 is 0 Å². The van der Waals surface area contributed by atoms with E-state index in [4.69, 9.17) is 4.74 Å². The monoisotopic (exact) mass is 343 g/mol.